The van der Waals surface area contributed by atoms with Gasteiger partial charge in [-0.15, -0.1) is 4.28 Å². The van der Waals surface area contributed by atoms with Crippen molar-refractivity contribution in [2.75, 3.05) is 6.54 Å². The largest absolute Gasteiger partial charge is 0.418 e. The fourth-order valence-corrected chi connectivity index (χ4v) is 2.88. The Morgan fingerprint density at radius 3 is 2.64 bits per heavy atom. The predicted octanol–water partition coefficient (Wildman–Crippen LogP) is -0.261. The molecule has 22 heavy (non-hydrogen) atoms. The first-order valence-corrected chi connectivity index (χ1v) is 8.13. The molecular formula is C11H18N4O6S. The van der Waals surface area contributed by atoms with E-state index in [9.17, 15) is 18.0 Å². The smallest absolute Gasteiger partial charge is 0.313 e. The number of carbonyl (C=O) groups excluding carboxylic acids is 2. The molecule has 0 saturated carbocycles. The predicted molar refractivity (Wildman–Crippen MR) is 74.1 cm³/mol. The summed E-state index contributed by atoms with van der Waals surface area (Å²) in [6.07, 6.45) is 0.779. The number of piperidine rings is 1. The van der Waals surface area contributed by atoms with Crippen LogP contribution in [0.25, 0.3) is 0 Å². The van der Waals surface area contributed by atoms with E-state index in [0.717, 1.165) is 0 Å². The number of fused-ring (bicyclic) bond motifs is 2. The van der Waals surface area contributed by atoms with E-state index in [1.165, 1.54) is 4.90 Å². The van der Waals surface area contributed by atoms with Crippen LogP contribution in [0.1, 0.15) is 26.7 Å². The van der Waals surface area contributed by atoms with Crippen molar-refractivity contribution in [1.82, 2.24) is 15.3 Å². The van der Waals surface area contributed by atoms with E-state index >= 15 is 0 Å². The van der Waals surface area contributed by atoms with Gasteiger partial charge in [0.15, 0.2) is 0 Å². The van der Waals surface area contributed by atoms with E-state index in [-0.39, 0.29) is 24.2 Å². The maximum absolute atomic E-state index is 12.1. The maximum atomic E-state index is 12.1. The summed E-state index contributed by atoms with van der Waals surface area (Å²) in [4.78, 5) is 25.0. The quantitative estimate of drug-likeness (QED) is 0.367. The number of rotatable bonds is 4. The van der Waals surface area contributed by atoms with E-state index in [0.29, 0.717) is 17.9 Å². The molecule has 3 N–H and O–H groups in total. The Kier molecular flexibility index (Phi) is 4.40. The van der Waals surface area contributed by atoms with Gasteiger partial charge in [-0.2, -0.15) is 13.5 Å². The van der Waals surface area contributed by atoms with E-state index < -0.39 is 28.5 Å². The van der Waals surface area contributed by atoms with Gasteiger partial charge in [0, 0.05) is 12.5 Å². The molecule has 2 heterocycles. The van der Waals surface area contributed by atoms with Gasteiger partial charge in [0.25, 0.3) is 0 Å². The topological polar surface area (TPSA) is 140 Å². The molecule has 2 unspecified atom stereocenters. The summed E-state index contributed by atoms with van der Waals surface area (Å²) in [6, 6.07) is -1.92. The third-order valence-corrected chi connectivity index (χ3v) is 3.96. The van der Waals surface area contributed by atoms with Gasteiger partial charge in [-0.05, 0) is 12.8 Å². The number of hydrogen-bond acceptors (Lipinski definition) is 6. The number of carbonyl (C=O) groups is 2. The van der Waals surface area contributed by atoms with Crippen molar-refractivity contribution in [3.63, 3.8) is 0 Å². The third-order valence-electron chi connectivity index (χ3n) is 3.61. The van der Waals surface area contributed by atoms with E-state index in [2.05, 4.69) is 9.60 Å². The molecule has 2 rings (SSSR count). The molecule has 0 aromatic rings. The second-order valence-electron chi connectivity index (χ2n) is 5.57. The minimum absolute atomic E-state index is 0.112. The number of hydroxylamine groups is 2. The lowest BCUT2D eigenvalue weighted by Gasteiger charge is -2.30. The summed E-state index contributed by atoms with van der Waals surface area (Å²) >= 11 is 0. The number of amidine groups is 1. The monoisotopic (exact) mass is 334 g/mol. The molecule has 0 aromatic heterocycles. The Balaban J connectivity index is 2.09. The molecule has 2 fully saturated rings. The molecule has 11 heteroatoms. The van der Waals surface area contributed by atoms with Gasteiger partial charge < -0.3 is 10.2 Å². The van der Waals surface area contributed by atoms with Gasteiger partial charge in [-0.1, -0.05) is 13.8 Å². The van der Waals surface area contributed by atoms with E-state index in [1.54, 1.807) is 13.8 Å². The lowest BCUT2D eigenvalue weighted by Crippen LogP contribution is -2.51. The summed E-state index contributed by atoms with van der Waals surface area (Å²) in [5.74, 6) is -0.741. The molecule has 10 nitrogen and oxygen atoms in total. The van der Waals surface area contributed by atoms with Crippen LogP contribution < -0.4 is 5.32 Å². The van der Waals surface area contributed by atoms with Gasteiger partial charge in [-0.3, -0.25) is 14.8 Å². The maximum Gasteiger partial charge on any atom is 0.418 e. The molecule has 0 radical (unpaired) electrons. The van der Waals surface area contributed by atoms with Crippen molar-refractivity contribution in [3.8, 4) is 0 Å². The molecule has 2 atom stereocenters. The molecule has 124 valence electrons. The van der Waals surface area contributed by atoms with Crippen LogP contribution in [0.15, 0.2) is 0 Å². The Hall–Kier alpha value is -1.72. The van der Waals surface area contributed by atoms with Gasteiger partial charge in [0.2, 0.25) is 5.91 Å². The van der Waals surface area contributed by atoms with Crippen molar-refractivity contribution in [2.24, 2.45) is 5.92 Å². The highest BCUT2D eigenvalue weighted by atomic mass is 32.3. The number of amides is 3. The zero-order chi connectivity index (χ0) is 16.7. The highest BCUT2D eigenvalue weighted by molar-refractivity contribution is 7.80. The summed E-state index contributed by atoms with van der Waals surface area (Å²) < 4.78 is 34.6. The van der Waals surface area contributed by atoms with Crippen LogP contribution >= 0.6 is 0 Å². The van der Waals surface area contributed by atoms with Crippen molar-refractivity contribution in [1.29, 1.82) is 5.41 Å². The van der Waals surface area contributed by atoms with Crippen LogP contribution in [0.3, 0.4) is 0 Å². The Morgan fingerprint density at radius 1 is 1.45 bits per heavy atom. The van der Waals surface area contributed by atoms with Gasteiger partial charge >= 0.3 is 16.4 Å². The molecule has 0 spiro atoms. The summed E-state index contributed by atoms with van der Waals surface area (Å²) in [5, 5.41) is 11.0. The SMILES string of the molecule is CC(C)C(=O)NC(=N)C1CCC2CN1C(=O)N2OS(=O)(=O)O. The first-order chi connectivity index (χ1) is 10.1. The zero-order valence-corrected chi connectivity index (χ0v) is 13.0. The Morgan fingerprint density at radius 2 is 2.09 bits per heavy atom. The average molecular weight is 334 g/mol. The average Bonchev–Trinajstić information content (AvgIpc) is 2.62. The second kappa shape index (κ2) is 5.82. The minimum Gasteiger partial charge on any atom is -0.313 e. The highest BCUT2D eigenvalue weighted by Crippen LogP contribution is 2.30. The van der Waals surface area contributed by atoms with Gasteiger partial charge in [0.05, 0.1) is 12.1 Å². The normalized spacial score (nSPS) is 24.8. The van der Waals surface area contributed by atoms with Crippen LogP contribution in [0.4, 0.5) is 4.79 Å². The highest BCUT2D eigenvalue weighted by Gasteiger charge is 2.48. The molecule has 0 aromatic carbocycles. The molecule has 2 bridgehead atoms. The van der Waals surface area contributed by atoms with Crippen LogP contribution in [0, 0.1) is 11.3 Å². The lowest BCUT2D eigenvalue weighted by molar-refractivity contribution is -0.122. The standard InChI is InChI=1S/C11H18N4O6S/c1-6(2)10(16)13-9(12)8-4-3-7-5-14(8)11(17)15(7)21-22(18,19)20/h6-8H,3-5H2,1-2H3,(H2,12,13,16)(H,18,19,20). The number of nitrogens with one attached hydrogen (secondary N) is 2. The number of nitrogens with zero attached hydrogens (tertiary/aromatic N) is 2. The number of hydrogen-bond donors (Lipinski definition) is 3. The van der Waals surface area contributed by atoms with Crippen LogP contribution in [-0.2, 0) is 19.5 Å². The first-order valence-electron chi connectivity index (χ1n) is 6.76. The summed E-state index contributed by atoms with van der Waals surface area (Å²) in [5.41, 5.74) is 0. The van der Waals surface area contributed by atoms with Crippen molar-refractivity contribution in [3.05, 3.63) is 0 Å². The number of urea groups is 1. The van der Waals surface area contributed by atoms with Crippen LogP contribution in [-0.4, -0.2) is 59.3 Å². The van der Waals surface area contributed by atoms with Crippen molar-refractivity contribution >= 4 is 28.2 Å². The summed E-state index contributed by atoms with van der Waals surface area (Å²) in [6.45, 7) is 3.53. The molecule has 2 aliphatic rings. The molecule has 3 amide bonds. The van der Waals surface area contributed by atoms with E-state index in [1.807, 2.05) is 0 Å². The third kappa shape index (κ3) is 3.36. The molecule has 2 saturated heterocycles. The molecular weight excluding hydrogens is 316 g/mol. The Labute approximate surface area is 127 Å². The van der Waals surface area contributed by atoms with Crippen molar-refractivity contribution < 1.29 is 26.8 Å². The lowest BCUT2D eigenvalue weighted by atomic mass is 10.00. The fourth-order valence-electron chi connectivity index (χ4n) is 2.49. The summed E-state index contributed by atoms with van der Waals surface area (Å²) in [7, 11) is -4.79. The Bertz CT molecular complexity index is 604. The van der Waals surface area contributed by atoms with E-state index in [4.69, 9.17) is 9.96 Å². The van der Waals surface area contributed by atoms with Crippen LogP contribution in [0.2, 0.25) is 0 Å². The van der Waals surface area contributed by atoms with Crippen molar-refractivity contribution in [2.45, 2.75) is 38.8 Å². The van der Waals surface area contributed by atoms with Gasteiger partial charge in [0.1, 0.15) is 5.84 Å². The molecule has 2 aliphatic heterocycles. The fraction of sp³-hybridized carbons (Fsp3) is 0.727. The molecule has 0 aliphatic carbocycles. The first kappa shape index (κ1) is 16.6. The minimum atomic E-state index is -4.79. The second-order valence-corrected chi connectivity index (χ2v) is 6.57. The van der Waals surface area contributed by atoms with Gasteiger partial charge in [-0.25, -0.2) is 4.79 Å². The van der Waals surface area contributed by atoms with Crippen LogP contribution in [0.5, 0.6) is 0 Å². The zero-order valence-electron chi connectivity index (χ0n) is 12.1.